The van der Waals surface area contributed by atoms with Gasteiger partial charge in [-0.3, -0.25) is 0 Å². The van der Waals surface area contributed by atoms with Gasteiger partial charge in [0.2, 0.25) is 0 Å². The minimum atomic E-state index is 0.614. The lowest BCUT2D eigenvalue weighted by Gasteiger charge is -2.15. The predicted molar refractivity (Wildman–Crippen MR) is 187 cm³/mol. The molecule has 0 aliphatic rings. The maximum absolute atomic E-state index is 10.1. The van der Waals surface area contributed by atoms with Crippen LogP contribution in [0.1, 0.15) is 5.56 Å². The molecule has 0 bridgehead atoms. The van der Waals surface area contributed by atoms with Crippen LogP contribution in [0.15, 0.2) is 160 Å². The van der Waals surface area contributed by atoms with E-state index in [1.54, 1.807) is 0 Å². The Labute approximate surface area is 265 Å². The molecule has 3 nitrogen and oxygen atoms in total. The molecule has 0 aliphatic heterocycles. The van der Waals surface area contributed by atoms with Crippen LogP contribution in [0.4, 0.5) is 0 Å². The molecule has 7 aromatic carbocycles. The summed E-state index contributed by atoms with van der Waals surface area (Å²) in [7, 11) is 0. The van der Waals surface area contributed by atoms with E-state index in [9.17, 15) is 5.26 Å². The Morgan fingerprint density at radius 2 is 1.02 bits per heavy atom. The molecule has 214 valence electrons. The van der Waals surface area contributed by atoms with Crippen LogP contribution in [-0.2, 0) is 0 Å². The minimum absolute atomic E-state index is 0.614. The molecule has 3 heteroatoms. The zero-order chi connectivity index (χ0) is 30.6. The number of rotatable bonds is 4. The Balaban J connectivity index is 1.31. The first-order valence-corrected chi connectivity index (χ1v) is 15.3. The summed E-state index contributed by atoms with van der Waals surface area (Å²) in [6.07, 6.45) is 0. The van der Waals surface area contributed by atoms with Crippen molar-refractivity contribution in [2.45, 2.75) is 0 Å². The molecule has 0 aliphatic carbocycles. The van der Waals surface area contributed by atoms with Crippen LogP contribution in [0.3, 0.4) is 0 Å². The third kappa shape index (κ3) is 4.20. The number of nitriles is 1. The molecule has 0 amide bonds. The Morgan fingerprint density at radius 1 is 0.370 bits per heavy atom. The number of benzene rings is 7. The third-order valence-corrected chi connectivity index (χ3v) is 8.90. The zero-order valence-corrected chi connectivity index (χ0v) is 24.7. The van der Waals surface area contributed by atoms with Gasteiger partial charge in [-0.05, 0) is 87.5 Å². The fourth-order valence-electron chi connectivity index (χ4n) is 6.72. The Kier molecular flexibility index (Phi) is 5.88. The number of nitrogens with zero attached hydrogens (tertiary/aromatic N) is 1. The first-order valence-electron chi connectivity index (χ1n) is 15.3. The summed E-state index contributed by atoms with van der Waals surface area (Å²) in [4.78, 5) is 0. The maximum atomic E-state index is 10.1. The SMILES string of the molecule is N#Cc1cc(-c2ccccc2)cc(-c2cc(-c3cccc4c3oc3ccccc34)ccc2-c2ccc3oc4ccccc4c3c2)c1. The number of furan rings is 2. The summed E-state index contributed by atoms with van der Waals surface area (Å²) in [5.41, 5.74) is 12.4. The van der Waals surface area contributed by atoms with E-state index in [4.69, 9.17) is 8.83 Å². The molecule has 0 saturated carbocycles. The summed E-state index contributed by atoms with van der Waals surface area (Å²) in [5, 5.41) is 14.5. The summed E-state index contributed by atoms with van der Waals surface area (Å²) in [6.45, 7) is 0. The molecule has 0 atom stereocenters. The van der Waals surface area contributed by atoms with E-state index in [1.165, 1.54) is 0 Å². The quantitative estimate of drug-likeness (QED) is 0.206. The molecule has 0 unspecified atom stereocenters. The second-order valence-corrected chi connectivity index (χ2v) is 11.6. The lowest BCUT2D eigenvalue weighted by atomic mass is 9.88. The third-order valence-electron chi connectivity index (χ3n) is 8.90. The van der Waals surface area contributed by atoms with Gasteiger partial charge in [0, 0.05) is 27.1 Å². The highest BCUT2D eigenvalue weighted by atomic mass is 16.3. The van der Waals surface area contributed by atoms with E-state index >= 15 is 0 Å². The number of hydrogen-bond donors (Lipinski definition) is 0. The summed E-state index contributed by atoms with van der Waals surface area (Å²) < 4.78 is 12.6. The average molecular weight is 588 g/mol. The molecule has 2 heterocycles. The van der Waals surface area contributed by atoms with Crippen LogP contribution in [0, 0.1) is 11.3 Å². The largest absolute Gasteiger partial charge is 0.456 e. The zero-order valence-electron chi connectivity index (χ0n) is 24.7. The summed E-state index contributed by atoms with van der Waals surface area (Å²) >= 11 is 0. The molecule has 0 spiro atoms. The first kappa shape index (κ1) is 26.1. The molecule has 2 aromatic heterocycles. The molecule has 0 fully saturated rings. The van der Waals surface area contributed by atoms with Crippen molar-refractivity contribution in [3.63, 3.8) is 0 Å². The average Bonchev–Trinajstić information content (AvgIpc) is 3.70. The highest BCUT2D eigenvalue weighted by Gasteiger charge is 2.17. The van der Waals surface area contributed by atoms with Crippen molar-refractivity contribution in [2.75, 3.05) is 0 Å². The monoisotopic (exact) mass is 587 g/mol. The van der Waals surface area contributed by atoms with Gasteiger partial charge in [0.1, 0.15) is 22.3 Å². The van der Waals surface area contributed by atoms with Crippen molar-refractivity contribution >= 4 is 43.9 Å². The van der Waals surface area contributed by atoms with Gasteiger partial charge < -0.3 is 8.83 Å². The molecule has 0 radical (unpaired) electrons. The standard InChI is InChI=1S/C43H25NO2/c44-26-27-21-31(28-9-2-1-3-10-28)23-32(22-27)38-24-30(34-13-8-14-37-35-11-4-7-16-41(35)46-43(34)37)17-19-33(38)29-18-20-42-39(25-29)36-12-5-6-15-40(36)45-42/h1-25H. The van der Waals surface area contributed by atoms with Crippen molar-refractivity contribution in [2.24, 2.45) is 0 Å². The fraction of sp³-hybridized carbons (Fsp3) is 0. The van der Waals surface area contributed by atoms with Crippen molar-refractivity contribution in [1.82, 2.24) is 0 Å². The number of fused-ring (bicyclic) bond motifs is 6. The van der Waals surface area contributed by atoms with Gasteiger partial charge >= 0.3 is 0 Å². The molecule has 9 aromatic rings. The molecule has 46 heavy (non-hydrogen) atoms. The fourth-order valence-corrected chi connectivity index (χ4v) is 6.72. The van der Waals surface area contributed by atoms with Gasteiger partial charge in [0.05, 0.1) is 11.6 Å². The van der Waals surface area contributed by atoms with Crippen molar-refractivity contribution < 1.29 is 8.83 Å². The molecular weight excluding hydrogens is 562 g/mol. The Hall–Kier alpha value is -6.37. The van der Waals surface area contributed by atoms with E-state index in [2.05, 4.69) is 91.0 Å². The molecule has 0 N–H and O–H groups in total. The molecule has 0 saturated heterocycles. The van der Waals surface area contributed by atoms with Crippen LogP contribution >= 0.6 is 0 Å². The van der Waals surface area contributed by atoms with Crippen LogP contribution in [-0.4, -0.2) is 0 Å². The van der Waals surface area contributed by atoms with Crippen LogP contribution < -0.4 is 0 Å². The lowest BCUT2D eigenvalue weighted by molar-refractivity contribution is 0.669. The maximum Gasteiger partial charge on any atom is 0.143 e. The smallest absolute Gasteiger partial charge is 0.143 e. The summed E-state index contributed by atoms with van der Waals surface area (Å²) in [6, 6.07) is 54.4. The van der Waals surface area contributed by atoms with Gasteiger partial charge in [-0.15, -0.1) is 0 Å². The van der Waals surface area contributed by atoms with Gasteiger partial charge in [-0.1, -0.05) is 103 Å². The van der Waals surface area contributed by atoms with E-state index in [0.29, 0.717) is 5.56 Å². The summed E-state index contributed by atoms with van der Waals surface area (Å²) in [5.74, 6) is 0. The Bertz CT molecular complexity index is 2650. The van der Waals surface area contributed by atoms with Crippen molar-refractivity contribution in [3.05, 3.63) is 157 Å². The van der Waals surface area contributed by atoms with Crippen molar-refractivity contribution in [3.8, 4) is 50.6 Å². The van der Waals surface area contributed by atoms with E-state index in [0.717, 1.165) is 88.4 Å². The van der Waals surface area contributed by atoms with Crippen molar-refractivity contribution in [1.29, 1.82) is 5.26 Å². The minimum Gasteiger partial charge on any atom is -0.456 e. The van der Waals surface area contributed by atoms with E-state index in [1.807, 2.05) is 66.7 Å². The molecule has 9 rings (SSSR count). The lowest BCUT2D eigenvalue weighted by Crippen LogP contribution is -1.91. The van der Waals surface area contributed by atoms with Crippen LogP contribution in [0.5, 0.6) is 0 Å². The first-order chi connectivity index (χ1) is 22.7. The second-order valence-electron chi connectivity index (χ2n) is 11.6. The Morgan fingerprint density at radius 3 is 1.85 bits per heavy atom. The van der Waals surface area contributed by atoms with Gasteiger partial charge in [0.25, 0.3) is 0 Å². The van der Waals surface area contributed by atoms with E-state index in [-0.39, 0.29) is 0 Å². The van der Waals surface area contributed by atoms with Gasteiger partial charge in [-0.2, -0.15) is 5.26 Å². The highest BCUT2D eigenvalue weighted by Crippen LogP contribution is 2.42. The molecular formula is C43H25NO2. The number of para-hydroxylation sites is 3. The predicted octanol–water partition coefficient (Wildman–Crippen LogP) is 12.0. The van der Waals surface area contributed by atoms with Crippen LogP contribution in [0.2, 0.25) is 0 Å². The van der Waals surface area contributed by atoms with E-state index < -0.39 is 0 Å². The van der Waals surface area contributed by atoms with Gasteiger partial charge in [0.15, 0.2) is 0 Å². The van der Waals surface area contributed by atoms with Gasteiger partial charge in [-0.25, -0.2) is 0 Å². The highest BCUT2D eigenvalue weighted by molar-refractivity contribution is 6.10. The van der Waals surface area contributed by atoms with Crippen LogP contribution in [0.25, 0.3) is 88.4 Å². The number of hydrogen-bond acceptors (Lipinski definition) is 3. The normalized spacial score (nSPS) is 11.5. The topological polar surface area (TPSA) is 50.1 Å². The second kappa shape index (κ2) is 10.4.